The first-order valence-electron chi connectivity index (χ1n) is 5.76. The minimum atomic E-state index is -3.94. The number of alkyl halides is 4. The molecule has 3 N–H and O–H groups in total. The predicted molar refractivity (Wildman–Crippen MR) is 57.5 cm³/mol. The van der Waals surface area contributed by atoms with E-state index < -0.39 is 18.9 Å². The molecule has 0 aromatic rings. The molecule has 7 heteroatoms. The first kappa shape index (κ1) is 14.7. The van der Waals surface area contributed by atoms with Crippen molar-refractivity contribution in [2.45, 2.75) is 31.2 Å². The molecule has 0 aromatic carbocycles. The maximum absolute atomic E-state index is 12.5. The van der Waals surface area contributed by atoms with Crippen molar-refractivity contribution in [2.24, 2.45) is 5.73 Å². The summed E-state index contributed by atoms with van der Waals surface area (Å²) in [7, 11) is 0. The predicted octanol–water partition coefficient (Wildman–Crippen LogP) is 0.899. The SMILES string of the molecule is NC1CCN(CCNCC(F)(F)C(F)F)CC1. The molecule has 0 radical (unpaired) electrons. The molecule has 1 aliphatic rings. The third-order valence-corrected chi connectivity index (χ3v) is 2.92. The van der Waals surface area contributed by atoms with Crippen molar-refractivity contribution in [3.63, 3.8) is 0 Å². The minimum Gasteiger partial charge on any atom is -0.328 e. The quantitative estimate of drug-likeness (QED) is 0.549. The summed E-state index contributed by atoms with van der Waals surface area (Å²) in [4.78, 5) is 2.09. The Labute approximate surface area is 98.3 Å². The van der Waals surface area contributed by atoms with Crippen LogP contribution in [0.3, 0.4) is 0 Å². The average molecular weight is 257 g/mol. The normalized spacial score (nSPS) is 20.1. The third kappa shape index (κ3) is 5.18. The summed E-state index contributed by atoms with van der Waals surface area (Å²) in [5.74, 6) is -3.94. The molecule has 1 saturated heterocycles. The van der Waals surface area contributed by atoms with E-state index in [0.29, 0.717) is 6.54 Å². The number of hydrogen-bond donors (Lipinski definition) is 2. The summed E-state index contributed by atoms with van der Waals surface area (Å²) in [6.45, 7) is 1.59. The summed E-state index contributed by atoms with van der Waals surface area (Å²) >= 11 is 0. The molecule has 1 aliphatic heterocycles. The van der Waals surface area contributed by atoms with Crippen molar-refractivity contribution < 1.29 is 17.6 Å². The standard InChI is InChI=1S/C10H19F4N3/c11-9(12)10(13,14)7-16-3-6-17-4-1-8(15)2-5-17/h8-9,16H,1-7,15H2. The second-order valence-corrected chi connectivity index (χ2v) is 4.42. The highest BCUT2D eigenvalue weighted by Crippen LogP contribution is 2.21. The van der Waals surface area contributed by atoms with E-state index in [9.17, 15) is 17.6 Å². The van der Waals surface area contributed by atoms with Gasteiger partial charge in [-0.05, 0) is 25.9 Å². The fraction of sp³-hybridized carbons (Fsp3) is 1.00. The lowest BCUT2D eigenvalue weighted by Gasteiger charge is -2.30. The minimum absolute atomic E-state index is 0.224. The van der Waals surface area contributed by atoms with Crippen LogP contribution in [-0.4, -0.2) is 56.0 Å². The van der Waals surface area contributed by atoms with Crippen LogP contribution in [0.1, 0.15) is 12.8 Å². The Morgan fingerprint density at radius 1 is 1.29 bits per heavy atom. The van der Waals surface area contributed by atoms with Gasteiger partial charge in [0, 0.05) is 19.1 Å². The van der Waals surface area contributed by atoms with E-state index in [1.165, 1.54) is 0 Å². The van der Waals surface area contributed by atoms with Crippen molar-refractivity contribution >= 4 is 0 Å². The summed E-state index contributed by atoms with van der Waals surface area (Å²) in [5, 5.41) is 2.36. The van der Waals surface area contributed by atoms with Crippen LogP contribution in [-0.2, 0) is 0 Å². The Morgan fingerprint density at radius 3 is 2.41 bits per heavy atom. The molecule has 0 spiro atoms. The zero-order valence-corrected chi connectivity index (χ0v) is 9.64. The summed E-state index contributed by atoms with van der Waals surface area (Å²) in [5.41, 5.74) is 5.72. The summed E-state index contributed by atoms with van der Waals surface area (Å²) < 4.78 is 48.7. The van der Waals surface area contributed by atoms with Crippen molar-refractivity contribution in [1.82, 2.24) is 10.2 Å². The van der Waals surface area contributed by atoms with Crippen molar-refractivity contribution in [2.75, 3.05) is 32.7 Å². The Hall–Kier alpha value is -0.400. The Balaban J connectivity index is 2.08. The maximum atomic E-state index is 12.5. The highest BCUT2D eigenvalue weighted by Gasteiger charge is 2.39. The molecule has 0 bridgehead atoms. The molecule has 1 rings (SSSR count). The molecule has 1 heterocycles. The van der Waals surface area contributed by atoms with E-state index in [-0.39, 0.29) is 12.6 Å². The van der Waals surface area contributed by atoms with Gasteiger partial charge in [-0.15, -0.1) is 0 Å². The highest BCUT2D eigenvalue weighted by molar-refractivity contribution is 4.76. The van der Waals surface area contributed by atoms with Crippen LogP contribution in [0.2, 0.25) is 0 Å². The molecule has 0 aromatic heterocycles. The largest absolute Gasteiger partial charge is 0.328 e. The fourth-order valence-electron chi connectivity index (χ4n) is 1.75. The lowest BCUT2D eigenvalue weighted by atomic mass is 10.1. The topological polar surface area (TPSA) is 41.3 Å². The van der Waals surface area contributed by atoms with Gasteiger partial charge in [-0.2, -0.15) is 8.78 Å². The molecular formula is C10H19F4N3. The lowest BCUT2D eigenvalue weighted by Crippen LogP contribution is -2.45. The Kier molecular flexibility index (Phi) is 5.61. The van der Waals surface area contributed by atoms with Crippen LogP contribution in [0.25, 0.3) is 0 Å². The van der Waals surface area contributed by atoms with Gasteiger partial charge in [0.1, 0.15) is 0 Å². The first-order valence-corrected chi connectivity index (χ1v) is 5.76. The zero-order chi connectivity index (χ0) is 12.9. The summed E-state index contributed by atoms with van der Waals surface area (Å²) in [6, 6.07) is 0.224. The van der Waals surface area contributed by atoms with E-state index in [2.05, 4.69) is 10.2 Å². The molecular weight excluding hydrogens is 238 g/mol. The third-order valence-electron chi connectivity index (χ3n) is 2.92. The average Bonchev–Trinajstić information content (AvgIpc) is 2.26. The maximum Gasteiger partial charge on any atom is 0.319 e. The number of hydrogen-bond acceptors (Lipinski definition) is 3. The van der Waals surface area contributed by atoms with E-state index in [1.54, 1.807) is 0 Å². The summed E-state index contributed by atoms with van der Waals surface area (Å²) in [6.07, 6.45) is -1.82. The number of piperidine rings is 1. The van der Waals surface area contributed by atoms with Crippen LogP contribution in [0.15, 0.2) is 0 Å². The molecule has 0 atom stereocenters. The molecule has 0 aliphatic carbocycles. The van der Waals surface area contributed by atoms with Gasteiger partial charge in [-0.1, -0.05) is 0 Å². The van der Waals surface area contributed by atoms with Gasteiger partial charge < -0.3 is 16.0 Å². The fourth-order valence-corrected chi connectivity index (χ4v) is 1.75. The Morgan fingerprint density at radius 2 is 1.88 bits per heavy atom. The van der Waals surface area contributed by atoms with E-state index >= 15 is 0 Å². The smallest absolute Gasteiger partial charge is 0.319 e. The highest BCUT2D eigenvalue weighted by atomic mass is 19.3. The van der Waals surface area contributed by atoms with E-state index in [1.807, 2.05) is 0 Å². The second-order valence-electron chi connectivity index (χ2n) is 4.42. The van der Waals surface area contributed by atoms with Gasteiger partial charge in [0.2, 0.25) is 0 Å². The van der Waals surface area contributed by atoms with Crippen LogP contribution < -0.4 is 11.1 Å². The van der Waals surface area contributed by atoms with Crippen LogP contribution >= 0.6 is 0 Å². The number of halogens is 4. The van der Waals surface area contributed by atoms with Gasteiger partial charge >= 0.3 is 12.3 Å². The van der Waals surface area contributed by atoms with Crippen molar-refractivity contribution in [1.29, 1.82) is 0 Å². The number of likely N-dealkylation sites (tertiary alicyclic amines) is 1. The van der Waals surface area contributed by atoms with Gasteiger partial charge in [0.25, 0.3) is 0 Å². The molecule has 1 fully saturated rings. The van der Waals surface area contributed by atoms with Crippen LogP contribution in [0, 0.1) is 0 Å². The number of nitrogens with zero attached hydrogens (tertiary/aromatic N) is 1. The number of nitrogens with one attached hydrogen (secondary N) is 1. The number of rotatable bonds is 6. The van der Waals surface area contributed by atoms with E-state index in [0.717, 1.165) is 25.9 Å². The number of nitrogens with two attached hydrogens (primary N) is 1. The van der Waals surface area contributed by atoms with Gasteiger partial charge in [-0.25, -0.2) is 8.78 Å². The van der Waals surface area contributed by atoms with Crippen LogP contribution in [0.4, 0.5) is 17.6 Å². The first-order chi connectivity index (χ1) is 7.92. The van der Waals surface area contributed by atoms with Gasteiger partial charge in [0.15, 0.2) is 0 Å². The van der Waals surface area contributed by atoms with Crippen molar-refractivity contribution in [3.8, 4) is 0 Å². The monoisotopic (exact) mass is 257 g/mol. The van der Waals surface area contributed by atoms with Crippen LogP contribution in [0.5, 0.6) is 0 Å². The molecule has 0 amide bonds. The van der Waals surface area contributed by atoms with Crippen molar-refractivity contribution in [3.05, 3.63) is 0 Å². The molecule has 3 nitrogen and oxygen atoms in total. The van der Waals surface area contributed by atoms with Gasteiger partial charge in [0.05, 0.1) is 6.54 Å². The second kappa shape index (κ2) is 6.51. The van der Waals surface area contributed by atoms with Gasteiger partial charge in [-0.3, -0.25) is 0 Å². The Bertz CT molecular complexity index is 218. The molecule has 102 valence electrons. The lowest BCUT2D eigenvalue weighted by molar-refractivity contribution is -0.125. The molecule has 0 saturated carbocycles. The molecule has 17 heavy (non-hydrogen) atoms. The van der Waals surface area contributed by atoms with E-state index in [4.69, 9.17) is 5.73 Å². The zero-order valence-electron chi connectivity index (χ0n) is 9.64. The molecule has 0 unspecified atom stereocenters.